The Kier molecular flexibility index (Phi) is 6.88. The molecule has 0 aromatic heterocycles. The molecule has 10 heteroatoms. The third kappa shape index (κ3) is 5.91. The number of nitrogens with zero attached hydrogens (tertiary/aromatic N) is 1. The van der Waals surface area contributed by atoms with E-state index >= 15 is 0 Å². The van der Waals surface area contributed by atoms with E-state index in [0.29, 0.717) is 24.5 Å². The molecule has 134 valence electrons. The molecule has 0 amide bonds. The van der Waals surface area contributed by atoms with Crippen molar-refractivity contribution in [2.75, 3.05) is 12.4 Å². The molecule has 1 rings (SSSR count). The number of rotatable bonds is 7. The third-order valence-corrected chi connectivity index (χ3v) is 4.27. The lowest BCUT2D eigenvalue weighted by Crippen LogP contribution is -2.16. The van der Waals surface area contributed by atoms with Gasteiger partial charge in [0, 0.05) is 6.07 Å². The number of ether oxygens (including phenoxy) is 1. The lowest BCUT2D eigenvalue weighted by atomic mass is 10.1. The van der Waals surface area contributed by atoms with Crippen molar-refractivity contribution in [2.45, 2.75) is 31.3 Å². The molecule has 0 aliphatic heterocycles. The predicted molar refractivity (Wildman–Crippen MR) is 79.8 cm³/mol. The molecule has 0 fully saturated rings. The summed E-state index contributed by atoms with van der Waals surface area (Å²) in [5.74, 6) is -1.20. The van der Waals surface area contributed by atoms with Crippen LogP contribution in [-0.2, 0) is 26.5 Å². The number of carbonyl (C=O) groups is 1. The fraction of sp³-hybridized carbons (Fsp3) is 0.500. The molecule has 0 radical (unpaired) electrons. The van der Waals surface area contributed by atoms with E-state index in [2.05, 4.69) is 0 Å². The number of hydrogen-bond donors (Lipinski definition) is 0. The van der Waals surface area contributed by atoms with Crippen molar-refractivity contribution >= 4 is 22.5 Å². The van der Waals surface area contributed by atoms with E-state index in [4.69, 9.17) is 4.74 Å². The number of nitro benzene ring substituents is 1. The second-order valence-electron chi connectivity index (χ2n) is 5.33. The molecule has 0 bridgehead atoms. The SMILES string of the molecule is CC(C)CCOC(=O)CS(=O)c1ccc(C(F)(F)F)cc1[N+](=O)[O-]. The molecule has 1 aromatic carbocycles. The lowest BCUT2D eigenvalue weighted by Gasteiger charge is -2.09. The summed E-state index contributed by atoms with van der Waals surface area (Å²) in [5, 5.41) is 10.9. The van der Waals surface area contributed by atoms with Crippen LogP contribution in [0.5, 0.6) is 0 Å². The van der Waals surface area contributed by atoms with Gasteiger partial charge in [0.15, 0.2) is 0 Å². The van der Waals surface area contributed by atoms with E-state index in [0.717, 1.165) is 6.07 Å². The summed E-state index contributed by atoms with van der Waals surface area (Å²) in [6.45, 7) is 3.94. The van der Waals surface area contributed by atoms with Gasteiger partial charge in [0.1, 0.15) is 10.6 Å². The molecule has 0 heterocycles. The lowest BCUT2D eigenvalue weighted by molar-refractivity contribution is -0.388. The highest BCUT2D eigenvalue weighted by Gasteiger charge is 2.34. The average Bonchev–Trinajstić information content (AvgIpc) is 2.45. The number of benzene rings is 1. The number of esters is 1. The van der Waals surface area contributed by atoms with Gasteiger partial charge in [-0.05, 0) is 24.5 Å². The van der Waals surface area contributed by atoms with Gasteiger partial charge in [0.05, 0.1) is 27.9 Å². The van der Waals surface area contributed by atoms with Gasteiger partial charge in [-0.3, -0.25) is 19.1 Å². The molecule has 1 unspecified atom stereocenters. The van der Waals surface area contributed by atoms with Crippen LogP contribution in [0.25, 0.3) is 0 Å². The van der Waals surface area contributed by atoms with Gasteiger partial charge in [-0.15, -0.1) is 0 Å². The van der Waals surface area contributed by atoms with Gasteiger partial charge in [0.2, 0.25) is 0 Å². The standard InChI is InChI=1S/C14H16F3NO5S/c1-9(2)5-6-23-13(19)8-24(22)12-4-3-10(14(15,16)17)7-11(12)18(20)21/h3-4,7,9H,5-6,8H2,1-2H3. The zero-order valence-electron chi connectivity index (χ0n) is 13.0. The van der Waals surface area contributed by atoms with Crippen molar-refractivity contribution in [3.05, 3.63) is 33.9 Å². The Hall–Kier alpha value is -1.97. The molecule has 0 N–H and O–H groups in total. The Morgan fingerprint density at radius 2 is 2.00 bits per heavy atom. The Morgan fingerprint density at radius 3 is 2.50 bits per heavy atom. The number of alkyl halides is 3. The molecule has 6 nitrogen and oxygen atoms in total. The van der Waals surface area contributed by atoms with Gasteiger partial charge in [-0.25, -0.2) is 0 Å². The largest absolute Gasteiger partial charge is 0.465 e. The smallest absolute Gasteiger partial charge is 0.416 e. The van der Waals surface area contributed by atoms with Gasteiger partial charge >= 0.3 is 12.1 Å². The Morgan fingerprint density at radius 1 is 1.38 bits per heavy atom. The third-order valence-electron chi connectivity index (χ3n) is 2.94. The van der Waals surface area contributed by atoms with E-state index < -0.39 is 49.8 Å². The average molecular weight is 367 g/mol. The van der Waals surface area contributed by atoms with Crippen molar-refractivity contribution in [3.8, 4) is 0 Å². The highest BCUT2D eigenvalue weighted by atomic mass is 32.2. The van der Waals surface area contributed by atoms with E-state index in [1.807, 2.05) is 13.8 Å². The minimum Gasteiger partial charge on any atom is -0.465 e. The number of nitro groups is 1. The molecule has 1 aromatic rings. The fourth-order valence-electron chi connectivity index (χ4n) is 1.66. The van der Waals surface area contributed by atoms with Crippen LogP contribution in [0.3, 0.4) is 0 Å². The summed E-state index contributed by atoms with van der Waals surface area (Å²) in [4.78, 5) is 21.0. The molecular weight excluding hydrogens is 351 g/mol. The van der Waals surface area contributed by atoms with Crippen molar-refractivity contribution in [2.24, 2.45) is 5.92 Å². The minimum absolute atomic E-state index is 0.114. The predicted octanol–water partition coefficient (Wildman–Crippen LogP) is 3.31. The van der Waals surface area contributed by atoms with Crippen LogP contribution in [0.4, 0.5) is 18.9 Å². The van der Waals surface area contributed by atoms with Crippen LogP contribution >= 0.6 is 0 Å². The highest BCUT2D eigenvalue weighted by Crippen LogP contribution is 2.34. The van der Waals surface area contributed by atoms with Crippen molar-refractivity contribution < 1.29 is 31.8 Å². The molecule has 24 heavy (non-hydrogen) atoms. The van der Waals surface area contributed by atoms with Crippen LogP contribution in [0.15, 0.2) is 23.1 Å². The fourth-order valence-corrected chi connectivity index (χ4v) is 2.70. The zero-order valence-corrected chi connectivity index (χ0v) is 13.8. The first-order chi connectivity index (χ1) is 11.0. The van der Waals surface area contributed by atoms with E-state index in [-0.39, 0.29) is 6.61 Å². The zero-order chi connectivity index (χ0) is 18.5. The van der Waals surface area contributed by atoms with Gasteiger partial charge in [-0.1, -0.05) is 13.8 Å². The summed E-state index contributed by atoms with van der Waals surface area (Å²) in [6.07, 6.45) is -4.17. The Balaban J connectivity index is 2.90. The van der Waals surface area contributed by atoms with Gasteiger partial charge in [0.25, 0.3) is 5.69 Å². The maximum Gasteiger partial charge on any atom is 0.416 e. The second kappa shape index (κ2) is 8.22. The maximum absolute atomic E-state index is 12.6. The monoisotopic (exact) mass is 367 g/mol. The maximum atomic E-state index is 12.6. The summed E-state index contributed by atoms with van der Waals surface area (Å²) < 4.78 is 54.7. The van der Waals surface area contributed by atoms with Crippen LogP contribution in [0.1, 0.15) is 25.8 Å². The molecule has 1 atom stereocenters. The van der Waals surface area contributed by atoms with Crippen LogP contribution in [0.2, 0.25) is 0 Å². The summed E-state index contributed by atoms with van der Waals surface area (Å²) in [6, 6.07) is 1.64. The van der Waals surface area contributed by atoms with Crippen LogP contribution in [-0.4, -0.2) is 27.5 Å². The van der Waals surface area contributed by atoms with Crippen molar-refractivity contribution in [1.82, 2.24) is 0 Å². The van der Waals surface area contributed by atoms with Gasteiger partial charge in [-0.2, -0.15) is 13.2 Å². The molecule has 0 aliphatic carbocycles. The van der Waals surface area contributed by atoms with Crippen molar-refractivity contribution in [1.29, 1.82) is 0 Å². The number of carbonyl (C=O) groups excluding carboxylic acids is 1. The molecule has 0 saturated carbocycles. The molecular formula is C14H16F3NO5S. The van der Waals surface area contributed by atoms with Gasteiger partial charge < -0.3 is 4.74 Å². The second-order valence-corrected chi connectivity index (χ2v) is 6.75. The van der Waals surface area contributed by atoms with E-state index in [1.165, 1.54) is 0 Å². The number of hydrogen-bond acceptors (Lipinski definition) is 5. The first-order valence-electron chi connectivity index (χ1n) is 6.92. The first kappa shape index (κ1) is 20.1. The summed E-state index contributed by atoms with van der Waals surface area (Å²) in [7, 11) is -2.18. The Bertz CT molecular complexity index is 646. The molecule has 0 saturated heterocycles. The number of halogens is 3. The Labute approximate surface area is 138 Å². The highest BCUT2D eigenvalue weighted by molar-refractivity contribution is 7.85. The summed E-state index contributed by atoms with van der Waals surface area (Å²) >= 11 is 0. The minimum atomic E-state index is -4.76. The first-order valence-corrected chi connectivity index (χ1v) is 8.24. The van der Waals surface area contributed by atoms with E-state index in [9.17, 15) is 32.3 Å². The van der Waals surface area contributed by atoms with Crippen molar-refractivity contribution in [3.63, 3.8) is 0 Å². The summed E-state index contributed by atoms with van der Waals surface area (Å²) in [5.41, 5.74) is -2.17. The molecule has 0 spiro atoms. The van der Waals surface area contributed by atoms with Crippen LogP contribution < -0.4 is 0 Å². The molecule has 0 aliphatic rings. The van der Waals surface area contributed by atoms with E-state index in [1.54, 1.807) is 0 Å². The topological polar surface area (TPSA) is 86.5 Å². The van der Waals surface area contributed by atoms with Crippen LogP contribution in [0, 0.1) is 16.0 Å². The quantitative estimate of drug-likeness (QED) is 0.419. The normalized spacial score (nSPS) is 12.9.